The third-order valence-corrected chi connectivity index (χ3v) is 12.1. The zero-order chi connectivity index (χ0) is 42.3. The number of carbonyl (C=O) groups is 5. The van der Waals surface area contributed by atoms with E-state index in [4.69, 9.17) is 21.4 Å². The molecule has 61 heavy (non-hydrogen) atoms. The average Bonchev–Trinajstić information content (AvgIpc) is 3.75. The number of nitrogens with zero attached hydrogens (tertiary/aromatic N) is 5. The Labute approximate surface area is 351 Å². The molecule has 6 N–H and O–H groups in total. The lowest BCUT2D eigenvalue weighted by atomic mass is 9.73. The number of carbonyl (C=O) groups excluding carboxylic acids is 5. The number of imidazole rings is 1. The number of nitrogen functional groups attached to an aromatic ring is 1. The van der Waals surface area contributed by atoms with Crippen LogP contribution < -0.4 is 22.1 Å². The first kappa shape index (κ1) is 39.4. The number of hydrogen-bond donors (Lipinski definition) is 4. The molecule has 1 saturated carbocycles. The van der Waals surface area contributed by atoms with Gasteiger partial charge >= 0.3 is 0 Å². The first-order valence-electron chi connectivity index (χ1n) is 20.8. The van der Waals surface area contributed by atoms with E-state index in [1.54, 1.807) is 24.4 Å². The van der Waals surface area contributed by atoms with Crippen molar-refractivity contribution in [2.45, 2.75) is 75.8 Å². The van der Waals surface area contributed by atoms with Gasteiger partial charge in [-0.15, -0.1) is 0 Å². The maximum absolute atomic E-state index is 13.4. The molecule has 6 aromatic rings. The molecule has 3 aromatic carbocycles. The van der Waals surface area contributed by atoms with Crippen molar-refractivity contribution in [3.63, 3.8) is 0 Å². The molecule has 3 aromatic heterocycles. The summed E-state index contributed by atoms with van der Waals surface area (Å²) >= 11 is 0. The van der Waals surface area contributed by atoms with Gasteiger partial charge in [-0.2, -0.15) is 0 Å². The maximum atomic E-state index is 13.4. The molecule has 5 heterocycles. The molecule has 1 saturated heterocycles. The number of anilines is 2. The molecule has 1 aliphatic carbocycles. The van der Waals surface area contributed by atoms with Crippen LogP contribution in [0.4, 0.5) is 11.5 Å². The molecule has 9 rings (SSSR count). The normalized spacial score (nSPS) is 17.0. The van der Waals surface area contributed by atoms with Crippen molar-refractivity contribution in [3.8, 4) is 28.3 Å². The number of piperidine rings is 1. The van der Waals surface area contributed by atoms with Crippen LogP contribution in [0.15, 0.2) is 97.2 Å². The summed E-state index contributed by atoms with van der Waals surface area (Å²) in [5, 5.41) is 5.43. The molecule has 4 amide bonds. The van der Waals surface area contributed by atoms with E-state index in [1.165, 1.54) is 0 Å². The highest BCUT2D eigenvalue weighted by molar-refractivity contribution is 6.25. The van der Waals surface area contributed by atoms with E-state index in [0.29, 0.717) is 67.2 Å². The molecular formula is C47H45N9O5. The molecule has 3 aliphatic rings. The highest BCUT2D eigenvalue weighted by Crippen LogP contribution is 2.40. The van der Waals surface area contributed by atoms with Gasteiger partial charge in [-0.3, -0.25) is 38.8 Å². The van der Waals surface area contributed by atoms with Crippen molar-refractivity contribution >= 4 is 52.1 Å². The summed E-state index contributed by atoms with van der Waals surface area (Å²) in [6.45, 7) is 0.414. The predicted molar refractivity (Wildman–Crippen MR) is 230 cm³/mol. The van der Waals surface area contributed by atoms with E-state index >= 15 is 0 Å². The Hall–Kier alpha value is -7.06. The van der Waals surface area contributed by atoms with Crippen LogP contribution in [-0.4, -0.2) is 66.4 Å². The van der Waals surface area contributed by atoms with E-state index < -0.39 is 29.7 Å². The molecule has 0 radical (unpaired) electrons. The molecule has 308 valence electrons. The summed E-state index contributed by atoms with van der Waals surface area (Å²) in [6, 6.07) is 28.1. The highest BCUT2D eigenvalue weighted by Gasteiger charge is 2.45. The number of aryl methyl sites for hydroxylation is 1. The molecule has 0 bridgehead atoms. The van der Waals surface area contributed by atoms with Gasteiger partial charge in [-0.1, -0.05) is 36.4 Å². The van der Waals surface area contributed by atoms with Gasteiger partial charge in [-0.05, 0) is 111 Å². The number of fused-ring (bicyclic) bond motifs is 2. The van der Waals surface area contributed by atoms with E-state index in [2.05, 4.69) is 52.0 Å². The molecular weight excluding hydrogens is 771 g/mol. The number of pyridine rings is 2. The van der Waals surface area contributed by atoms with E-state index in [-0.39, 0.29) is 35.3 Å². The summed E-state index contributed by atoms with van der Waals surface area (Å²) in [7, 11) is 0. The van der Waals surface area contributed by atoms with Gasteiger partial charge in [-0.25, -0.2) is 15.0 Å². The van der Waals surface area contributed by atoms with Crippen LogP contribution in [0, 0.1) is 0 Å². The Morgan fingerprint density at radius 1 is 0.869 bits per heavy atom. The van der Waals surface area contributed by atoms with Gasteiger partial charge in [0.1, 0.15) is 23.2 Å². The SMILES string of the molecule is Nc1ncccc1-c1nc2ccc(-c3cccc(CCCC(=O)CCCNc4cccc5c4C(=O)N(C4CCC(=O)NC4=O)C5=O)c3)nc2n1-c1ccc(C2(N)CCC2)cc1. The Balaban J connectivity index is 0.833. The average molecular weight is 816 g/mol. The predicted octanol–water partition coefficient (Wildman–Crippen LogP) is 6.25. The van der Waals surface area contributed by atoms with Crippen LogP contribution >= 0.6 is 0 Å². The van der Waals surface area contributed by atoms with Crippen LogP contribution in [0.5, 0.6) is 0 Å². The van der Waals surface area contributed by atoms with Crippen molar-refractivity contribution in [2.75, 3.05) is 17.6 Å². The summed E-state index contributed by atoms with van der Waals surface area (Å²) in [5.74, 6) is -1.05. The monoisotopic (exact) mass is 815 g/mol. The number of aromatic nitrogens is 4. The van der Waals surface area contributed by atoms with Crippen molar-refractivity contribution < 1.29 is 24.0 Å². The fraction of sp³-hybridized carbons (Fsp3) is 0.277. The highest BCUT2D eigenvalue weighted by atomic mass is 16.2. The van der Waals surface area contributed by atoms with Crippen LogP contribution in [0.2, 0.25) is 0 Å². The Morgan fingerprint density at radius 2 is 1.66 bits per heavy atom. The van der Waals surface area contributed by atoms with E-state index in [9.17, 15) is 24.0 Å². The van der Waals surface area contributed by atoms with Crippen LogP contribution in [-0.2, 0) is 26.3 Å². The van der Waals surface area contributed by atoms with Gasteiger partial charge in [0, 0.05) is 54.5 Å². The number of nitrogens with two attached hydrogens (primary N) is 2. The Bertz CT molecular complexity index is 2740. The second-order valence-corrected chi connectivity index (χ2v) is 16.1. The number of hydrogen-bond acceptors (Lipinski definition) is 11. The number of rotatable bonds is 14. The van der Waals surface area contributed by atoms with Gasteiger partial charge in [0.2, 0.25) is 11.8 Å². The standard InChI is InChI=1S/C47H45N9O5/c48-41-34(13-5-26-51-41)42-53-37-20-19-35(52-43(37)55(42)31-17-15-30(16-18-31)47(49)23-6-24-47)29-9-1-7-28(27-29)8-2-10-32(57)11-4-25-50-36-14-3-12-33-40(36)46(61)56(45(33)60)38-21-22-39(58)54-44(38)59/h1,3,5,7,9,12-20,26-27,38,50H,2,4,6,8,10-11,21-25,49H2,(H2,48,51)(H,54,58,59). The molecule has 1 atom stereocenters. The first-order chi connectivity index (χ1) is 29.6. The summed E-state index contributed by atoms with van der Waals surface area (Å²) in [4.78, 5) is 79.0. The molecule has 0 spiro atoms. The van der Waals surface area contributed by atoms with Crippen molar-refractivity contribution in [1.29, 1.82) is 0 Å². The molecule has 14 nitrogen and oxygen atoms in total. The zero-order valence-corrected chi connectivity index (χ0v) is 33.5. The smallest absolute Gasteiger partial charge is 0.264 e. The van der Waals surface area contributed by atoms with Gasteiger partial charge in [0.15, 0.2) is 11.5 Å². The van der Waals surface area contributed by atoms with Crippen molar-refractivity contribution in [2.24, 2.45) is 5.73 Å². The first-order valence-corrected chi connectivity index (χ1v) is 20.8. The topological polar surface area (TPSA) is 208 Å². The van der Waals surface area contributed by atoms with E-state index in [1.807, 2.05) is 41.0 Å². The lowest BCUT2D eigenvalue weighted by molar-refractivity contribution is -0.136. The Kier molecular flexibility index (Phi) is 10.5. The van der Waals surface area contributed by atoms with Crippen molar-refractivity contribution in [1.82, 2.24) is 29.7 Å². The number of imide groups is 2. The molecule has 2 aliphatic heterocycles. The third kappa shape index (κ3) is 7.54. The molecule has 1 unspecified atom stereocenters. The third-order valence-electron chi connectivity index (χ3n) is 12.1. The minimum atomic E-state index is -1.03. The van der Waals surface area contributed by atoms with Crippen LogP contribution in [0.3, 0.4) is 0 Å². The second kappa shape index (κ2) is 16.2. The fourth-order valence-electron chi connectivity index (χ4n) is 8.61. The van der Waals surface area contributed by atoms with Crippen LogP contribution in [0.1, 0.15) is 89.6 Å². The number of benzene rings is 3. The summed E-state index contributed by atoms with van der Waals surface area (Å²) in [6.07, 6.45) is 7.60. The number of Topliss-reactive ketones (excluding diaryl/α,β-unsaturated/α-hetero) is 1. The minimum Gasteiger partial charge on any atom is -0.384 e. The number of ketones is 1. The lowest BCUT2D eigenvalue weighted by Crippen LogP contribution is -2.54. The van der Waals surface area contributed by atoms with Gasteiger partial charge < -0.3 is 16.8 Å². The summed E-state index contributed by atoms with van der Waals surface area (Å²) < 4.78 is 2.02. The van der Waals surface area contributed by atoms with Crippen LogP contribution in [0.25, 0.3) is 39.5 Å². The largest absolute Gasteiger partial charge is 0.384 e. The van der Waals surface area contributed by atoms with E-state index in [0.717, 1.165) is 57.8 Å². The number of amides is 4. The van der Waals surface area contributed by atoms with Gasteiger partial charge in [0.05, 0.1) is 22.4 Å². The quantitative estimate of drug-likeness (QED) is 0.0713. The van der Waals surface area contributed by atoms with Crippen molar-refractivity contribution in [3.05, 3.63) is 119 Å². The lowest BCUT2D eigenvalue weighted by Gasteiger charge is -2.38. The van der Waals surface area contributed by atoms with Gasteiger partial charge in [0.25, 0.3) is 11.8 Å². The number of nitrogens with one attached hydrogen (secondary N) is 2. The fourth-order valence-corrected chi connectivity index (χ4v) is 8.61. The summed E-state index contributed by atoms with van der Waals surface area (Å²) in [5.41, 5.74) is 20.6. The molecule has 14 heteroatoms. The second-order valence-electron chi connectivity index (χ2n) is 16.1. The zero-order valence-electron chi connectivity index (χ0n) is 33.5. The Morgan fingerprint density at radius 3 is 2.43 bits per heavy atom. The maximum Gasteiger partial charge on any atom is 0.264 e. The minimum absolute atomic E-state index is 0.0518. The molecule has 2 fully saturated rings.